The molecule has 0 aromatic carbocycles. The summed E-state index contributed by atoms with van der Waals surface area (Å²) < 4.78 is 40.6. The molecule has 0 saturated carbocycles. The first-order chi connectivity index (χ1) is 5.90. The highest BCUT2D eigenvalue weighted by molar-refractivity contribution is 7.80. The molecule has 0 bridgehead atoms. The van der Waals surface area contributed by atoms with Gasteiger partial charge in [0.25, 0.3) is 12.1 Å². The zero-order valence-electron chi connectivity index (χ0n) is 6.59. The van der Waals surface area contributed by atoms with Crippen molar-refractivity contribution in [2.75, 3.05) is 12.9 Å². The average molecular weight is 216 g/mol. The molecule has 0 amide bonds. The van der Waals surface area contributed by atoms with Crippen molar-refractivity contribution in [2.45, 2.75) is 12.1 Å². The number of alkyl halides is 3. The molecule has 0 aliphatic carbocycles. The molecule has 1 atom stereocenters. The summed E-state index contributed by atoms with van der Waals surface area (Å²) in [6.45, 7) is 0. The molecule has 1 unspecified atom stereocenters. The quantitative estimate of drug-likeness (QED) is 0.426. The minimum absolute atomic E-state index is 0.791. The maximum absolute atomic E-state index is 13.2. The van der Waals surface area contributed by atoms with E-state index in [1.54, 1.807) is 0 Å². The molecule has 0 saturated heterocycles. The molecular weight excluding hydrogens is 209 g/mol. The van der Waals surface area contributed by atoms with E-state index in [1.807, 2.05) is 0 Å². The van der Waals surface area contributed by atoms with Crippen LogP contribution in [0.15, 0.2) is 0 Å². The summed E-state index contributed by atoms with van der Waals surface area (Å²) in [7, 11) is 0.791. The van der Waals surface area contributed by atoms with Crippen LogP contribution in [0.4, 0.5) is 13.2 Å². The van der Waals surface area contributed by atoms with Gasteiger partial charge < -0.3 is 4.74 Å². The van der Waals surface area contributed by atoms with Gasteiger partial charge in [0, 0.05) is 5.75 Å². The topological polar surface area (TPSA) is 43.4 Å². The lowest BCUT2D eigenvalue weighted by Crippen LogP contribution is -2.48. The maximum Gasteiger partial charge on any atom is 0.352 e. The number of esters is 1. The predicted octanol–water partition coefficient (Wildman–Crippen LogP) is 0.632. The molecular formula is C6H7F3O3S. The molecule has 0 aromatic rings. The van der Waals surface area contributed by atoms with Crippen molar-refractivity contribution < 1.29 is 27.5 Å². The third-order valence-electron chi connectivity index (χ3n) is 1.32. The van der Waals surface area contributed by atoms with Gasteiger partial charge in [-0.05, 0) is 0 Å². The maximum atomic E-state index is 13.2. The first-order valence-corrected chi connectivity index (χ1v) is 3.74. The molecule has 0 spiro atoms. The van der Waals surface area contributed by atoms with Crippen molar-refractivity contribution in [3.63, 3.8) is 0 Å². The van der Waals surface area contributed by atoms with Crippen LogP contribution in [0.1, 0.15) is 0 Å². The Labute approximate surface area is 77.7 Å². The molecule has 3 nitrogen and oxygen atoms in total. The van der Waals surface area contributed by atoms with Crippen LogP contribution in [-0.4, -0.2) is 36.7 Å². The minimum Gasteiger partial charge on any atom is -0.466 e. The van der Waals surface area contributed by atoms with Crippen LogP contribution < -0.4 is 0 Å². The molecule has 0 heterocycles. The molecule has 0 rings (SSSR count). The van der Waals surface area contributed by atoms with E-state index in [0.29, 0.717) is 0 Å². The van der Waals surface area contributed by atoms with Gasteiger partial charge in [-0.2, -0.15) is 12.6 Å². The Hall–Kier alpha value is -0.720. The highest BCUT2D eigenvalue weighted by atomic mass is 32.1. The number of ether oxygens (including phenoxy) is 1. The number of Topliss-reactive ketones (excluding diaryl/α,β-unsaturated/α-hetero) is 1. The van der Waals surface area contributed by atoms with Crippen LogP contribution in [0.3, 0.4) is 0 Å². The number of methoxy groups -OCH3 is 1. The smallest absolute Gasteiger partial charge is 0.352 e. The van der Waals surface area contributed by atoms with Crippen LogP contribution >= 0.6 is 12.6 Å². The molecule has 76 valence electrons. The molecule has 13 heavy (non-hydrogen) atoms. The van der Waals surface area contributed by atoms with Gasteiger partial charge >= 0.3 is 5.97 Å². The number of hydrogen-bond acceptors (Lipinski definition) is 4. The van der Waals surface area contributed by atoms with Crippen LogP contribution in [-0.2, 0) is 14.3 Å². The second kappa shape index (κ2) is 4.50. The summed E-state index contributed by atoms with van der Waals surface area (Å²) in [5, 5.41) is 0. The van der Waals surface area contributed by atoms with Crippen LogP contribution in [0.25, 0.3) is 0 Å². The average Bonchev–Trinajstić information content (AvgIpc) is 2.13. The highest BCUT2D eigenvalue weighted by Crippen LogP contribution is 2.20. The van der Waals surface area contributed by atoms with Crippen molar-refractivity contribution in [1.82, 2.24) is 0 Å². The van der Waals surface area contributed by atoms with Crippen molar-refractivity contribution >= 4 is 24.4 Å². The number of ketones is 1. The highest BCUT2D eigenvalue weighted by Gasteiger charge is 2.50. The standard InChI is InChI=1S/C6H7F3O3S/c1-12-5(11)6(9,2-13)3(10)4(7)8/h4,13H,2H2,1H3. The Balaban J connectivity index is 4.83. The number of halogens is 3. The number of hydrogen-bond donors (Lipinski definition) is 1. The second-order valence-electron chi connectivity index (χ2n) is 2.12. The second-order valence-corrected chi connectivity index (χ2v) is 2.43. The largest absolute Gasteiger partial charge is 0.466 e. The van der Waals surface area contributed by atoms with Crippen molar-refractivity contribution in [3.05, 3.63) is 0 Å². The fraction of sp³-hybridized carbons (Fsp3) is 0.667. The normalized spacial score (nSPS) is 15.2. The van der Waals surface area contributed by atoms with E-state index in [9.17, 15) is 22.8 Å². The van der Waals surface area contributed by atoms with Crippen molar-refractivity contribution in [3.8, 4) is 0 Å². The Morgan fingerprint density at radius 2 is 2.00 bits per heavy atom. The van der Waals surface area contributed by atoms with Crippen LogP contribution in [0, 0.1) is 0 Å². The molecule has 0 aliphatic rings. The lowest BCUT2D eigenvalue weighted by molar-refractivity contribution is -0.162. The Morgan fingerprint density at radius 3 is 2.23 bits per heavy atom. The first kappa shape index (κ1) is 12.3. The van der Waals surface area contributed by atoms with Crippen LogP contribution in [0.2, 0.25) is 0 Å². The van der Waals surface area contributed by atoms with Gasteiger partial charge in [0.1, 0.15) is 0 Å². The fourth-order valence-electron chi connectivity index (χ4n) is 0.578. The summed E-state index contributed by atoms with van der Waals surface area (Å²) in [4.78, 5) is 21.1. The van der Waals surface area contributed by atoms with E-state index < -0.39 is 29.6 Å². The van der Waals surface area contributed by atoms with E-state index in [0.717, 1.165) is 7.11 Å². The zero-order chi connectivity index (χ0) is 10.6. The van der Waals surface area contributed by atoms with Gasteiger partial charge in [-0.15, -0.1) is 0 Å². The van der Waals surface area contributed by atoms with Gasteiger partial charge in [-0.3, -0.25) is 4.79 Å². The lowest BCUT2D eigenvalue weighted by atomic mass is 10.0. The Morgan fingerprint density at radius 1 is 1.54 bits per heavy atom. The summed E-state index contributed by atoms with van der Waals surface area (Å²) >= 11 is 3.30. The SMILES string of the molecule is COC(=O)C(F)(CS)C(=O)C(F)F. The molecule has 0 fully saturated rings. The van der Waals surface area contributed by atoms with E-state index in [4.69, 9.17) is 0 Å². The molecule has 0 N–H and O–H groups in total. The van der Waals surface area contributed by atoms with E-state index in [1.165, 1.54) is 0 Å². The fourth-order valence-corrected chi connectivity index (χ4v) is 0.863. The first-order valence-electron chi connectivity index (χ1n) is 3.10. The number of rotatable bonds is 4. The number of thiol groups is 1. The van der Waals surface area contributed by atoms with Crippen LogP contribution in [0.5, 0.6) is 0 Å². The summed E-state index contributed by atoms with van der Waals surface area (Å²) in [5.41, 5.74) is -3.36. The van der Waals surface area contributed by atoms with Crippen molar-refractivity contribution in [1.29, 1.82) is 0 Å². The lowest BCUT2D eigenvalue weighted by Gasteiger charge is -2.17. The van der Waals surface area contributed by atoms with E-state index in [2.05, 4.69) is 17.4 Å². The number of carbonyl (C=O) groups excluding carboxylic acids is 2. The van der Waals surface area contributed by atoms with Gasteiger partial charge in [-0.25, -0.2) is 18.0 Å². The van der Waals surface area contributed by atoms with Gasteiger partial charge in [0.15, 0.2) is 0 Å². The molecule has 7 heteroatoms. The molecule has 0 aromatic heterocycles. The third-order valence-corrected chi connectivity index (χ3v) is 1.75. The van der Waals surface area contributed by atoms with E-state index >= 15 is 0 Å². The monoisotopic (exact) mass is 216 g/mol. The Bertz CT molecular complexity index is 221. The van der Waals surface area contributed by atoms with Gasteiger partial charge in [0.2, 0.25) is 5.78 Å². The van der Waals surface area contributed by atoms with Gasteiger partial charge in [0.05, 0.1) is 7.11 Å². The molecule has 0 radical (unpaired) electrons. The zero-order valence-corrected chi connectivity index (χ0v) is 7.48. The predicted molar refractivity (Wildman–Crippen MR) is 40.7 cm³/mol. The summed E-state index contributed by atoms with van der Waals surface area (Å²) in [5.74, 6) is -4.76. The third kappa shape index (κ3) is 2.36. The van der Waals surface area contributed by atoms with Crippen molar-refractivity contribution in [2.24, 2.45) is 0 Å². The Kier molecular flexibility index (Phi) is 4.25. The number of carbonyl (C=O) groups is 2. The summed E-state index contributed by atoms with van der Waals surface area (Å²) in [6, 6.07) is 0. The van der Waals surface area contributed by atoms with Gasteiger partial charge in [-0.1, -0.05) is 0 Å². The summed E-state index contributed by atoms with van der Waals surface area (Å²) in [6.07, 6.45) is -3.56. The van der Waals surface area contributed by atoms with E-state index in [-0.39, 0.29) is 0 Å². The minimum atomic E-state index is -3.56. The molecule has 0 aliphatic heterocycles.